The Labute approximate surface area is 139 Å². The van der Waals surface area contributed by atoms with Gasteiger partial charge in [-0.15, -0.1) is 0 Å². The second kappa shape index (κ2) is 6.38. The number of nitrogens with two attached hydrogens (primary N) is 1. The minimum Gasteiger partial charge on any atom is -0.399 e. The van der Waals surface area contributed by atoms with E-state index in [0.29, 0.717) is 5.70 Å². The second-order valence-electron chi connectivity index (χ2n) is 6.67. The average Bonchev–Trinajstić information content (AvgIpc) is 2.72. The van der Waals surface area contributed by atoms with E-state index in [1.807, 2.05) is 52.9 Å². The first-order valence-corrected chi connectivity index (χ1v) is 7.77. The van der Waals surface area contributed by atoms with Gasteiger partial charge in [0.05, 0.1) is 11.2 Å². The molecule has 124 valence electrons. The zero-order valence-corrected chi connectivity index (χ0v) is 14.8. The van der Waals surface area contributed by atoms with Gasteiger partial charge in [0.15, 0.2) is 0 Å². The largest absolute Gasteiger partial charge is 0.496 e. The Kier molecular flexibility index (Phi) is 4.87. The molecule has 1 aromatic rings. The molecule has 23 heavy (non-hydrogen) atoms. The fourth-order valence-electron chi connectivity index (χ4n) is 2.39. The first-order valence-electron chi connectivity index (χ1n) is 7.77. The van der Waals surface area contributed by atoms with Crippen molar-refractivity contribution in [3.05, 3.63) is 29.8 Å². The first kappa shape index (κ1) is 17.6. The van der Waals surface area contributed by atoms with Gasteiger partial charge >= 0.3 is 7.12 Å². The second-order valence-corrected chi connectivity index (χ2v) is 6.67. The van der Waals surface area contributed by atoms with Crippen LogP contribution in [0.1, 0.15) is 33.3 Å². The van der Waals surface area contributed by atoms with Gasteiger partial charge in [0, 0.05) is 37.2 Å². The van der Waals surface area contributed by atoms with E-state index in [2.05, 4.69) is 10.3 Å². The molecule has 0 aliphatic carbocycles. The van der Waals surface area contributed by atoms with Crippen molar-refractivity contribution >= 4 is 30.2 Å². The van der Waals surface area contributed by atoms with Crippen molar-refractivity contribution in [3.63, 3.8) is 0 Å². The first-order chi connectivity index (χ1) is 10.7. The summed E-state index contributed by atoms with van der Waals surface area (Å²) in [5.74, 6) is 0. The quantitative estimate of drug-likeness (QED) is 0.659. The van der Waals surface area contributed by atoms with Crippen molar-refractivity contribution in [2.45, 2.75) is 38.9 Å². The van der Waals surface area contributed by atoms with Gasteiger partial charge in [0.2, 0.25) is 0 Å². The predicted octanol–water partition coefficient (Wildman–Crippen LogP) is 2.03. The Morgan fingerprint density at radius 2 is 1.83 bits per heavy atom. The Hall–Kier alpha value is -1.79. The van der Waals surface area contributed by atoms with Gasteiger partial charge in [-0.1, -0.05) is 12.1 Å². The molecule has 0 amide bonds. The van der Waals surface area contributed by atoms with Crippen molar-refractivity contribution in [1.29, 1.82) is 0 Å². The molecule has 0 unspecified atom stereocenters. The van der Waals surface area contributed by atoms with Crippen LogP contribution in [-0.2, 0) is 9.31 Å². The molecular formula is C17H26BN3O2. The molecule has 0 radical (unpaired) electrons. The average molecular weight is 315 g/mol. The molecule has 0 atom stereocenters. The summed E-state index contributed by atoms with van der Waals surface area (Å²) in [5.41, 5.74) is 8.81. The lowest BCUT2D eigenvalue weighted by Crippen LogP contribution is -2.41. The Bertz CT molecular complexity index is 623. The zero-order chi connectivity index (χ0) is 17.3. The molecular weight excluding hydrogens is 289 g/mol. The maximum atomic E-state index is 6.16. The van der Waals surface area contributed by atoms with Crippen LogP contribution in [0.5, 0.6) is 0 Å². The summed E-state index contributed by atoms with van der Waals surface area (Å²) in [6.07, 6.45) is 3.46. The molecule has 1 aliphatic heterocycles. The van der Waals surface area contributed by atoms with E-state index < -0.39 is 7.12 Å². The monoisotopic (exact) mass is 315 g/mol. The van der Waals surface area contributed by atoms with Crippen molar-refractivity contribution < 1.29 is 9.31 Å². The number of nitrogens with zero attached hydrogens (tertiary/aromatic N) is 1. The highest BCUT2D eigenvalue weighted by molar-refractivity contribution is 6.64. The number of nitrogens with one attached hydrogen (secondary N) is 1. The minimum atomic E-state index is -0.435. The maximum Gasteiger partial charge on any atom is 0.496 e. The van der Waals surface area contributed by atoms with Crippen LogP contribution in [0.2, 0.25) is 0 Å². The van der Waals surface area contributed by atoms with Crippen LogP contribution in [0.4, 0.5) is 5.69 Å². The minimum absolute atomic E-state index is 0.380. The molecule has 1 aliphatic rings. The van der Waals surface area contributed by atoms with E-state index in [1.54, 1.807) is 19.3 Å². The van der Waals surface area contributed by atoms with E-state index >= 15 is 0 Å². The highest BCUT2D eigenvalue weighted by Crippen LogP contribution is 2.37. The summed E-state index contributed by atoms with van der Waals surface area (Å²) < 4.78 is 12.3. The van der Waals surface area contributed by atoms with Gasteiger partial charge < -0.3 is 20.4 Å². The fourth-order valence-corrected chi connectivity index (χ4v) is 2.39. The summed E-state index contributed by atoms with van der Waals surface area (Å²) in [6.45, 7) is 8.17. The van der Waals surface area contributed by atoms with Gasteiger partial charge in [0.25, 0.3) is 0 Å². The lowest BCUT2D eigenvalue weighted by atomic mass is 9.76. The lowest BCUT2D eigenvalue weighted by Gasteiger charge is -2.32. The Morgan fingerprint density at radius 3 is 2.35 bits per heavy atom. The van der Waals surface area contributed by atoms with Crippen LogP contribution >= 0.6 is 0 Å². The molecule has 0 spiro atoms. The smallest absolute Gasteiger partial charge is 0.399 e. The predicted molar refractivity (Wildman–Crippen MR) is 98.3 cm³/mol. The number of allylic oxidation sites excluding steroid dienone is 1. The number of aliphatic imine (C=N–C) groups is 1. The molecule has 3 N–H and O–H groups in total. The van der Waals surface area contributed by atoms with Crippen LogP contribution in [-0.4, -0.2) is 38.6 Å². The third-order valence-corrected chi connectivity index (χ3v) is 4.56. The molecule has 6 heteroatoms. The summed E-state index contributed by atoms with van der Waals surface area (Å²) in [7, 11) is 3.16. The lowest BCUT2D eigenvalue weighted by molar-refractivity contribution is 0.00578. The van der Waals surface area contributed by atoms with E-state index in [4.69, 9.17) is 15.0 Å². The van der Waals surface area contributed by atoms with Crippen LogP contribution in [0.15, 0.2) is 29.3 Å². The molecule has 5 nitrogen and oxygen atoms in total. The molecule has 1 heterocycles. The molecule has 0 aromatic heterocycles. The van der Waals surface area contributed by atoms with Gasteiger partial charge in [-0.05, 0) is 45.4 Å². The molecule has 1 aromatic carbocycles. The highest BCUT2D eigenvalue weighted by atomic mass is 16.7. The summed E-state index contributed by atoms with van der Waals surface area (Å²) in [6, 6.07) is 5.96. The van der Waals surface area contributed by atoms with Crippen LogP contribution in [0.25, 0.3) is 5.70 Å². The Balaban J connectivity index is 2.42. The molecule has 1 fully saturated rings. The number of hydrogen-bond acceptors (Lipinski definition) is 5. The van der Waals surface area contributed by atoms with E-state index in [1.165, 1.54) is 0 Å². The van der Waals surface area contributed by atoms with Crippen molar-refractivity contribution in [3.8, 4) is 0 Å². The molecule has 0 saturated carbocycles. The van der Waals surface area contributed by atoms with Crippen molar-refractivity contribution in [1.82, 2.24) is 0 Å². The molecule has 2 rings (SSSR count). The van der Waals surface area contributed by atoms with Gasteiger partial charge in [0.1, 0.15) is 0 Å². The standard InChI is InChI=1S/C17H26BN3O2/c1-16(2)17(3,4)23-18(22-16)13-11-12(7-8-15(13)21-6)14(19)9-10-20-5/h7-11,21H,19H2,1-6H3. The third kappa shape index (κ3) is 3.43. The molecule has 0 bridgehead atoms. The van der Waals surface area contributed by atoms with Gasteiger partial charge in [-0.3, -0.25) is 4.99 Å². The maximum absolute atomic E-state index is 6.16. The van der Waals surface area contributed by atoms with Crippen molar-refractivity contribution in [2.24, 2.45) is 10.7 Å². The van der Waals surface area contributed by atoms with Gasteiger partial charge in [-0.25, -0.2) is 0 Å². The molecule has 1 saturated heterocycles. The number of rotatable bonds is 4. The van der Waals surface area contributed by atoms with E-state index in [-0.39, 0.29) is 11.2 Å². The summed E-state index contributed by atoms with van der Waals surface area (Å²) in [5, 5.41) is 3.19. The van der Waals surface area contributed by atoms with Crippen LogP contribution in [0.3, 0.4) is 0 Å². The SMILES string of the molecule is CN=CC=C(N)c1ccc(NC)c(B2OC(C)(C)C(C)(C)O2)c1. The van der Waals surface area contributed by atoms with Crippen LogP contribution < -0.4 is 16.5 Å². The van der Waals surface area contributed by atoms with E-state index in [0.717, 1.165) is 16.7 Å². The fraction of sp³-hybridized carbons (Fsp3) is 0.471. The highest BCUT2D eigenvalue weighted by Gasteiger charge is 2.52. The number of benzene rings is 1. The van der Waals surface area contributed by atoms with Crippen molar-refractivity contribution in [2.75, 3.05) is 19.4 Å². The zero-order valence-electron chi connectivity index (χ0n) is 14.8. The summed E-state index contributed by atoms with van der Waals surface area (Å²) >= 11 is 0. The Morgan fingerprint density at radius 1 is 1.22 bits per heavy atom. The van der Waals surface area contributed by atoms with E-state index in [9.17, 15) is 0 Å². The summed E-state index contributed by atoms with van der Waals surface area (Å²) in [4.78, 5) is 3.93. The number of hydrogen-bond donors (Lipinski definition) is 2. The number of anilines is 1. The topological polar surface area (TPSA) is 68.9 Å². The van der Waals surface area contributed by atoms with Crippen LogP contribution in [0, 0.1) is 0 Å². The van der Waals surface area contributed by atoms with Gasteiger partial charge in [-0.2, -0.15) is 0 Å². The third-order valence-electron chi connectivity index (χ3n) is 4.56. The normalized spacial score (nSPS) is 20.3.